The number of likely N-dealkylation sites (tertiary alicyclic amines) is 1. The van der Waals surface area contributed by atoms with Crippen molar-refractivity contribution in [3.8, 4) is 6.07 Å². The van der Waals surface area contributed by atoms with Gasteiger partial charge in [-0.1, -0.05) is 42.5 Å². The lowest BCUT2D eigenvalue weighted by molar-refractivity contribution is -0.142. The minimum absolute atomic E-state index is 0.0355. The van der Waals surface area contributed by atoms with Gasteiger partial charge < -0.3 is 20.6 Å². The Balaban J connectivity index is 1.46. The van der Waals surface area contributed by atoms with E-state index in [2.05, 4.69) is 34.6 Å². The Kier molecular flexibility index (Phi) is 11.3. The molecule has 2 aromatic rings. The van der Waals surface area contributed by atoms with Crippen LogP contribution in [0.25, 0.3) is 0 Å². The Hall–Kier alpha value is -3.88. The lowest BCUT2D eigenvalue weighted by Gasteiger charge is -2.20. The fraction of sp³-hybridized carbons (Fsp3) is 0.393. The highest BCUT2D eigenvalue weighted by Gasteiger charge is 2.28. The first kappa shape index (κ1) is 29.7. The van der Waals surface area contributed by atoms with Gasteiger partial charge in [0.25, 0.3) is 0 Å². The molecule has 206 valence electrons. The van der Waals surface area contributed by atoms with Gasteiger partial charge in [0, 0.05) is 24.4 Å². The molecule has 1 saturated heterocycles. The Morgan fingerprint density at radius 1 is 1.03 bits per heavy atom. The van der Waals surface area contributed by atoms with E-state index in [1.807, 2.05) is 30.3 Å². The number of carbonyl (C=O) groups is 4. The minimum Gasteiger partial charge on any atom is -0.480 e. The highest BCUT2D eigenvalue weighted by Crippen LogP contribution is 2.16. The maximum atomic E-state index is 12.8. The molecule has 39 heavy (non-hydrogen) atoms. The van der Waals surface area contributed by atoms with Gasteiger partial charge in [-0.15, -0.1) is 0 Å². The Morgan fingerprint density at radius 2 is 1.72 bits per heavy atom. The standard InChI is InChI=1S/C28H33N5O5S/c29-15-23-7-4-12-33(23)26(35)17-30-16-25(34)31-22-10-8-20(9-11-22)14-24(28(37)38)32-27(36)21(18-39)13-19-5-2-1-3-6-19/h1-3,5-6,8-11,21,23-24,30,39H,4,7,12-14,16-18H2,(H,31,34)(H,32,36)(H,37,38)/t21?,23-,24?/m0/s1. The number of hydrogen-bond donors (Lipinski definition) is 5. The van der Waals surface area contributed by atoms with Crippen molar-refractivity contribution in [1.29, 1.82) is 5.26 Å². The Bertz CT molecular complexity index is 1190. The number of carboxylic acids is 1. The van der Waals surface area contributed by atoms with Gasteiger partial charge in [-0.25, -0.2) is 4.79 Å². The van der Waals surface area contributed by atoms with Crippen LogP contribution in [0.3, 0.4) is 0 Å². The van der Waals surface area contributed by atoms with E-state index in [0.717, 1.165) is 12.0 Å². The lowest BCUT2D eigenvalue weighted by atomic mass is 9.99. The molecule has 2 unspecified atom stereocenters. The van der Waals surface area contributed by atoms with Crippen LogP contribution >= 0.6 is 12.6 Å². The van der Waals surface area contributed by atoms with Crippen molar-refractivity contribution < 1.29 is 24.3 Å². The monoisotopic (exact) mass is 551 g/mol. The van der Waals surface area contributed by atoms with E-state index in [9.17, 15) is 24.3 Å². The highest BCUT2D eigenvalue weighted by atomic mass is 32.1. The normalized spacial score (nSPS) is 16.1. The molecule has 0 aromatic heterocycles. The molecule has 2 aromatic carbocycles. The molecule has 1 aliphatic rings. The molecule has 11 heteroatoms. The van der Waals surface area contributed by atoms with Crippen LogP contribution in [0.4, 0.5) is 5.69 Å². The molecular formula is C28H33N5O5S. The number of nitrogens with zero attached hydrogens (tertiary/aromatic N) is 2. The van der Waals surface area contributed by atoms with E-state index < -0.39 is 24.0 Å². The van der Waals surface area contributed by atoms with E-state index >= 15 is 0 Å². The van der Waals surface area contributed by atoms with Crippen molar-refractivity contribution >= 4 is 42.0 Å². The Labute approximate surface area is 233 Å². The maximum Gasteiger partial charge on any atom is 0.326 e. The third-order valence-electron chi connectivity index (χ3n) is 6.49. The van der Waals surface area contributed by atoms with Crippen LogP contribution in [0.2, 0.25) is 0 Å². The number of benzene rings is 2. The number of hydrogen-bond acceptors (Lipinski definition) is 7. The molecule has 10 nitrogen and oxygen atoms in total. The molecule has 4 N–H and O–H groups in total. The number of thiol groups is 1. The number of nitriles is 1. The number of amides is 3. The zero-order valence-corrected chi connectivity index (χ0v) is 22.4. The van der Waals surface area contributed by atoms with E-state index in [-0.39, 0.29) is 43.0 Å². The summed E-state index contributed by atoms with van der Waals surface area (Å²) in [5.41, 5.74) is 2.15. The van der Waals surface area contributed by atoms with Gasteiger partial charge in [0.05, 0.1) is 25.1 Å². The first-order chi connectivity index (χ1) is 18.8. The molecular weight excluding hydrogens is 518 g/mol. The van der Waals surface area contributed by atoms with Crippen LogP contribution in [0.15, 0.2) is 54.6 Å². The smallest absolute Gasteiger partial charge is 0.326 e. The van der Waals surface area contributed by atoms with Crippen LogP contribution in [0.1, 0.15) is 24.0 Å². The third kappa shape index (κ3) is 9.12. The molecule has 1 heterocycles. The summed E-state index contributed by atoms with van der Waals surface area (Å²) in [4.78, 5) is 50.6. The summed E-state index contributed by atoms with van der Waals surface area (Å²) in [7, 11) is 0. The first-order valence-electron chi connectivity index (χ1n) is 12.8. The molecule has 0 bridgehead atoms. The number of carboxylic acid groups (broad SMARTS) is 1. The van der Waals surface area contributed by atoms with Crippen molar-refractivity contribution in [2.45, 2.75) is 37.8 Å². The van der Waals surface area contributed by atoms with Crippen LogP contribution < -0.4 is 16.0 Å². The molecule has 1 aliphatic heterocycles. The summed E-state index contributed by atoms with van der Waals surface area (Å²) in [5, 5.41) is 26.9. The summed E-state index contributed by atoms with van der Waals surface area (Å²) in [5.74, 6) is -2.26. The second kappa shape index (κ2) is 14.9. The predicted octanol–water partition coefficient (Wildman–Crippen LogP) is 1.63. The zero-order chi connectivity index (χ0) is 28.2. The van der Waals surface area contributed by atoms with Crippen molar-refractivity contribution in [3.05, 3.63) is 65.7 Å². The van der Waals surface area contributed by atoms with Crippen molar-refractivity contribution in [2.24, 2.45) is 5.92 Å². The molecule has 0 radical (unpaired) electrons. The molecule has 0 spiro atoms. The van der Waals surface area contributed by atoms with Gasteiger partial charge in [-0.2, -0.15) is 17.9 Å². The SMILES string of the molecule is N#C[C@@H]1CCCN1C(=O)CNCC(=O)Nc1ccc(CC(NC(=O)C(CS)Cc2ccccc2)C(=O)O)cc1. The zero-order valence-electron chi connectivity index (χ0n) is 21.5. The fourth-order valence-electron chi connectivity index (χ4n) is 4.38. The first-order valence-corrected chi connectivity index (χ1v) is 13.4. The van der Waals surface area contributed by atoms with Crippen LogP contribution in [-0.2, 0) is 32.0 Å². The summed E-state index contributed by atoms with van der Waals surface area (Å²) in [6.07, 6.45) is 2.00. The third-order valence-corrected chi connectivity index (χ3v) is 6.93. The van der Waals surface area contributed by atoms with Gasteiger partial charge >= 0.3 is 5.97 Å². The fourth-order valence-corrected chi connectivity index (χ4v) is 4.67. The van der Waals surface area contributed by atoms with Crippen molar-refractivity contribution in [2.75, 3.05) is 30.7 Å². The van der Waals surface area contributed by atoms with Gasteiger partial charge in [0.15, 0.2) is 0 Å². The average molecular weight is 552 g/mol. The number of carbonyl (C=O) groups excluding carboxylic acids is 3. The number of rotatable bonds is 13. The molecule has 3 rings (SSSR count). The summed E-state index contributed by atoms with van der Waals surface area (Å²) in [6.45, 7) is 0.431. The van der Waals surface area contributed by atoms with Crippen LogP contribution in [0, 0.1) is 17.2 Å². The van der Waals surface area contributed by atoms with E-state index in [0.29, 0.717) is 30.6 Å². The average Bonchev–Trinajstić information content (AvgIpc) is 3.42. The summed E-state index contributed by atoms with van der Waals surface area (Å²) in [6, 6.07) is 16.7. The van der Waals surface area contributed by atoms with Gasteiger partial charge in [0.2, 0.25) is 17.7 Å². The van der Waals surface area contributed by atoms with Gasteiger partial charge in [0.1, 0.15) is 12.1 Å². The van der Waals surface area contributed by atoms with Gasteiger partial charge in [-0.05, 0) is 42.5 Å². The van der Waals surface area contributed by atoms with Crippen molar-refractivity contribution in [1.82, 2.24) is 15.5 Å². The number of nitrogens with one attached hydrogen (secondary N) is 3. The summed E-state index contributed by atoms with van der Waals surface area (Å²) >= 11 is 4.28. The molecule has 3 amide bonds. The van der Waals surface area contributed by atoms with Crippen molar-refractivity contribution in [3.63, 3.8) is 0 Å². The topological polar surface area (TPSA) is 152 Å². The predicted molar refractivity (Wildman–Crippen MR) is 149 cm³/mol. The minimum atomic E-state index is -1.14. The number of aliphatic carboxylic acids is 1. The van der Waals surface area contributed by atoms with Crippen LogP contribution in [-0.4, -0.2) is 71.2 Å². The van der Waals surface area contributed by atoms with E-state index in [1.165, 1.54) is 4.90 Å². The van der Waals surface area contributed by atoms with E-state index in [1.54, 1.807) is 24.3 Å². The molecule has 0 aliphatic carbocycles. The molecule has 3 atom stereocenters. The Morgan fingerprint density at radius 3 is 2.36 bits per heavy atom. The highest BCUT2D eigenvalue weighted by molar-refractivity contribution is 7.80. The molecule has 0 saturated carbocycles. The second-order valence-electron chi connectivity index (χ2n) is 9.40. The lowest BCUT2D eigenvalue weighted by Crippen LogP contribution is -2.45. The quantitative estimate of drug-likeness (QED) is 0.237. The van der Waals surface area contributed by atoms with E-state index in [4.69, 9.17) is 5.26 Å². The van der Waals surface area contributed by atoms with Crippen LogP contribution in [0.5, 0.6) is 0 Å². The maximum absolute atomic E-state index is 12.8. The summed E-state index contributed by atoms with van der Waals surface area (Å²) < 4.78 is 0. The molecule has 1 fully saturated rings. The van der Waals surface area contributed by atoms with Gasteiger partial charge in [-0.3, -0.25) is 19.7 Å². The number of anilines is 1. The second-order valence-corrected chi connectivity index (χ2v) is 9.76. The largest absolute Gasteiger partial charge is 0.480 e.